The van der Waals surface area contributed by atoms with Gasteiger partial charge in [0.15, 0.2) is 5.13 Å². The minimum Gasteiger partial charge on any atom is -0.376 e. The molecule has 1 aliphatic rings. The number of nitro benzene ring substituents is 1. The predicted molar refractivity (Wildman–Crippen MR) is 103 cm³/mol. The van der Waals surface area contributed by atoms with E-state index in [1.165, 1.54) is 52.6 Å². The van der Waals surface area contributed by atoms with Crippen LogP contribution in [0.4, 0.5) is 15.2 Å². The van der Waals surface area contributed by atoms with Gasteiger partial charge in [0.25, 0.3) is 11.6 Å². The van der Waals surface area contributed by atoms with Crippen LogP contribution in [0.25, 0.3) is 10.2 Å². The summed E-state index contributed by atoms with van der Waals surface area (Å²) in [5.41, 5.74) is 0.623. The molecule has 9 heteroatoms. The zero-order valence-corrected chi connectivity index (χ0v) is 15.5. The molecule has 0 spiro atoms. The van der Waals surface area contributed by atoms with E-state index < -0.39 is 10.8 Å². The lowest BCUT2D eigenvalue weighted by Gasteiger charge is -2.23. The molecule has 1 unspecified atom stereocenters. The highest BCUT2D eigenvalue weighted by Gasteiger charge is 2.27. The van der Waals surface area contributed by atoms with Gasteiger partial charge in [0.05, 0.1) is 27.8 Å². The van der Waals surface area contributed by atoms with E-state index in [2.05, 4.69) is 4.98 Å². The van der Waals surface area contributed by atoms with Gasteiger partial charge >= 0.3 is 0 Å². The van der Waals surface area contributed by atoms with Crippen molar-refractivity contribution in [1.29, 1.82) is 0 Å². The van der Waals surface area contributed by atoms with Crippen LogP contribution in [0.2, 0.25) is 0 Å². The number of ether oxygens (including phenoxy) is 1. The summed E-state index contributed by atoms with van der Waals surface area (Å²) in [4.78, 5) is 29.6. The van der Waals surface area contributed by atoms with Gasteiger partial charge in [0, 0.05) is 24.3 Å². The van der Waals surface area contributed by atoms with E-state index in [0.29, 0.717) is 22.0 Å². The first-order valence-electron chi connectivity index (χ1n) is 8.75. The van der Waals surface area contributed by atoms with Crippen molar-refractivity contribution in [1.82, 2.24) is 4.98 Å². The molecule has 4 rings (SSSR count). The van der Waals surface area contributed by atoms with Gasteiger partial charge < -0.3 is 4.74 Å². The molecule has 3 aromatic rings. The Bertz CT molecular complexity index is 1050. The first-order chi connectivity index (χ1) is 13.5. The van der Waals surface area contributed by atoms with Crippen molar-refractivity contribution in [2.24, 2.45) is 0 Å². The van der Waals surface area contributed by atoms with Crippen LogP contribution >= 0.6 is 11.3 Å². The van der Waals surface area contributed by atoms with E-state index in [4.69, 9.17) is 4.74 Å². The maximum absolute atomic E-state index is 13.5. The van der Waals surface area contributed by atoms with Crippen molar-refractivity contribution in [2.75, 3.05) is 18.1 Å². The molecule has 28 heavy (non-hydrogen) atoms. The fraction of sp³-hybridized carbons (Fsp3) is 0.263. The molecular formula is C19H16FN3O4S. The third-order valence-electron chi connectivity index (χ3n) is 4.53. The third kappa shape index (κ3) is 3.71. The number of aromatic nitrogens is 1. The molecule has 1 atom stereocenters. The second-order valence-corrected chi connectivity index (χ2v) is 7.48. The van der Waals surface area contributed by atoms with Gasteiger partial charge in [-0.1, -0.05) is 17.4 Å². The molecule has 0 saturated carbocycles. The molecule has 0 bridgehead atoms. The number of amides is 1. The highest BCUT2D eigenvalue weighted by atomic mass is 32.1. The fourth-order valence-electron chi connectivity index (χ4n) is 3.15. The first-order valence-corrected chi connectivity index (χ1v) is 9.57. The first kappa shape index (κ1) is 18.5. The van der Waals surface area contributed by atoms with Crippen LogP contribution in [0.15, 0.2) is 42.5 Å². The van der Waals surface area contributed by atoms with Crippen molar-refractivity contribution in [3.05, 3.63) is 64.0 Å². The number of non-ortho nitro benzene ring substituents is 1. The second-order valence-electron chi connectivity index (χ2n) is 6.47. The monoisotopic (exact) mass is 401 g/mol. The molecule has 0 aliphatic carbocycles. The van der Waals surface area contributed by atoms with Crippen molar-refractivity contribution in [3.63, 3.8) is 0 Å². The summed E-state index contributed by atoms with van der Waals surface area (Å²) in [6.45, 7) is 0.915. The fourth-order valence-corrected chi connectivity index (χ4v) is 4.15. The minimum absolute atomic E-state index is 0.133. The van der Waals surface area contributed by atoms with E-state index >= 15 is 0 Å². The van der Waals surface area contributed by atoms with E-state index in [1.54, 1.807) is 6.07 Å². The highest BCUT2D eigenvalue weighted by molar-refractivity contribution is 7.22. The lowest BCUT2D eigenvalue weighted by molar-refractivity contribution is -0.384. The number of anilines is 1. The largest absolute Gasteiger partial charge is 0.376 e. The third-order valence-corrected chi connectivity index (χ3v) is 5.57. The summed E-state index contributed by atoms with van der Waals surface area (Å²) >= 11 is 1.20. The minimum atomic E-state index is -0.540. The topological polar surface area (TPSA) is 85.6 Å². The van der Waals surface area contributed by atoms with Crippen molar-refractivity contribution < 1.29 is 18.8 Å². The Balaban J connectivity index is 1.72. The Morgan fingerprint density at radius 3 is 2.96 bits per heavy atom. The Morgan fingerprint density at radius 2 is 2.21 bits per heavy atom. The molecule has 1 saturated heterocycles. The van der Waals surface area contributed by atoms with Crippen LogP contribution in [-0.4, -0.2) is 35.1 Å². The summed E-state index contributed by atoms with van der Waals surface area (Å²) in [7, 11) is 0. The summed E-state index contributed by atoms with van der Waals surface area (Å²) < 4.78 is 19.8. The van der Waals surface area contributed by atoms with Gasteiger partial charge in [0.2, 0.25) is 0 Å². The van der Waals surface area contributed by atoms with Gasteiger partial charge in [0.1, 0.15) is 5.82 Å². The number of hydrogen-bond donors (Lipinski definition) is 0. The Morgan fingerprint density at radius 1 is 1.36 bits per heavy atom. The van der Waals surface area contributed by atoms with E-state index in [9.17, 15) is 19.3 Å². The Hall–Kier alpha value is -2.91. The quantitative estimate of drug-likeness (QED) is 0.473. The Kier molecular flexibility index (Phi) is 5.01. The standard InChI is InChI=1S/C19H16FN3O4S/c20-13-6-7-16-17(10-13)28-19(21-16)22(11-15-5-2-8-27-15)18(24)12-3-1-4-14(9-12)23(25)26/h1,3-4,6-7,9-10,15H,2,5,8,11H2. The van der Waals surface area contributed by atoms with E-state index in [0.717, 1.165) is 12.8 Å². The molecule has 7 nitrogen and oxygen atoms in total. The zero-order chi connectivity index (χ0) is 19.7. The number of fused-ring (bicyclic) bond motifs is 1. The molecule has 1 aromatic heterocycles. The highest BCUT2D eigenvalue weighted by Crippen LogP contribution is 2.31. The second kappa shape index (κ2) is 7.61. The number of nitro groups is 1. The van der Waals surface area contributed by atoms with Gasteiger partial charge in [-0.2, -0.15) is 0 Å². The van der Waals surface area contributed by atoms with Crippen LogP contribution < -0.4 is 4.90 Å². The summed E-state index contributed by atoms with van der Waals surface area (Å²) in [5, 5.41) is 11.5. The number of hydrogen-bond acceptors (Lipinski definition) is 6. The predicted octanol–water partition coefficient (Wildman–Crippen LogP) is 4.17. The van der Waals surface area contributed by atoms with Gasteiger partial charge in [-0.15, -0.1) is 0 Å². The van der Waals surface area contributed by atoms with Crippen molar-refractivity contribution in [3.8, 4) is 0 Å². The van der Waals surface area contributed by atoms with Gasteiger partial charge in [-0.05, 0) is 37.1 Å². The number of carbonyl (C=O) groups is 1. The van der Waals surface area contributed by atoms with Crippen molar-refractivity contribution in [2.45, 2.75) is 18.9 Å². The number of nitrogens with zero attached hydrogens (tertiary/aromatic N) is 3. The lowest BCUT2D eigenvalue weighted by atomic mass is 10.1. The van der Waals surface area contributed by atoms with Crippen LogP contribution in [0.1, 0.15) is 23.2 Å². The normalized spacial score (nSPS) is 16.4. The van der Waals surface area contributed by atoms with Crippen LogP contribution in [-0.2, 0) is 4.74 Å². The van der Waals surface area contributed by atoms with Gasteiger partial charge in [-0.25, -0.2) is 9.37 Å². The maximum atomic E-state index is 13.5. The average Bonchev–Trinajstić information content (AvgIpc) is 3.34. The molecule has 1 amide bonds. The average molecular weight is 401 g/mol. The smallest absolute Gasteiger partial charge is 0.270 e. The van der Waals surface area contributed by atoms with Crippen molar-refractivity contribution >= 4 is 38.3 Å². The number of halogens is 1. The maximum Gasteiger partial charge on any atom is 0.270 e. The molecule has 144 valence electrons. The molecule has 2 aromatic carbocycles. The molecule has 0 N–H and O–H groups in total. The SMILES string of the molecule is O=C(c1cccc([N+](=O)[O-])c1)N(CC1CCCO1)c1nc2ccc(F)cc2s1. The van der Waals surface area contributed by atoms with Gasteiger partial charge in [-0.3, -0.25) is 19.8 Å². The summed E-state index contributed by atoms with van der Waals surface area (Å²) in [6, 6.07) is 9.84. The molecule has 1 fully saturated rings. The zero-order valence-electron chi connectivity index (χ0n) is 14.7. The van der Waals surface area contributed by atoms with Crippen LogP contribution in [0, 0.1) is 15.9 Å². The summed E-state index contributed by atoms with van der Waals surface area (Å²) in [6.07, 6.45) is 1.60. The molecule has 2 heterocycles. The van der Waals surface area contributed by atoms with E-state index in [1.807, 2.05) is 0 Å². The Labute approximate surface area is 163 Å². The lowest BCUT2D eigenvalue weighted by Crippen LogP contribution is -2.37. The molecule has 1 aliphatic heterocycles. The van der Waals surface area contributed by atoms with Crippen LogP contribution in [0.5, 0.6) is 0 Å². The number of benzene rings is 2. The molecule has 0 radical (unpaired) electrons. The number of rotatable bonds is 5. The number of carbonyl (C=O) groups excluding carboxylic acids is 1. The summed E-state index contributed by atoms with van der Waals surface area (Å²) in [5.74, 6) is -0.780. The number of thiazole rings is 1. The van der Waals surface area contributed by atoms with Crippen LogP contribution in [0.3, 0.4) is 0 Å². The van der Waals surface area contributed by atoms with E-state index in [-0.39, 0.29) is 29.7 Å². The molecular weight excluding hydrogens is 385 g/mol.